The Hall–Kier alpha value is -2.40. The molecule has 1 unspecified atom stereocenters. The standard InChI is InChI=1S/C19H24N4O/c1-16(17-7-3-2-4-8-17)21-19(24)15-22-11-13-23(14-12-22)18-9-5-6-10-20-18/h2-10,16H,11-15H2,1H3,(H,21,24). The summed E-state index contributed by atoms with van der Waals surface area (Å²) in [4.78, 5) is 21.1. The van der Waals surface area contributed by atoms with Crippen molar-refractivity contribution in [3.8, 4) is 0 Å². The molecule has 1 amide bonds. The summed E-state index contributed by atoms with van der Waals surface area (Å²) in [7, 11) is 0. The van der Waals surface area contributed by atoms with E-state index in [9.17, 15) is 4.79 Å². The van der Waals surface area contributed by atoms with Crippen molar-refractivity contribution >= 4 is 11.7 Å². The van der Waals surface area contributed by atoms with Crippen LogP contribution in [0.1, 0.15) is 18.5 Å². The molecule has 1 aliphatic heterocycles. The normalized spacial score (nSPS) is 16.6. The minimum Gasteiger partial charge on any atom is -0.354 e. The Morgan fingerprint density at radius 1 is 1.08 bits per heavy atom. The summed E-state index contributed by atoms with van der Waals surface area (Å²) in [5.41, 5.74) is 1.13. The number of piperazine rings is 1. The van der Waals surface area contributed by atoms with Crippen LogP contribution in [0.2, 0.25) is 0 Å². The van der Waals surface area contributed by atoms with Crippen LogP contribution in [0.3, 0.4) is 0 Å². The minimum atomic E-state index is 0.0357. The highest BCUT2D eigenvalue weighted by molar-refractivity contribution is 5.78. The van der Waals surface area contributed by atoms with Crippen LogP contribution in [0.5, 0.6) is 0 Å². The lowest BCUT2D eigenvalue weighted by atomic mass is 10.1. The van der Waals surface area contributed by atoms with Gasteiger partial charge in [-0.2, -0.15) is 0 Å². The third kappa shape index (κ3) is 4.32. The molecule has 3 rings (SSSR count). The van der Waals surface area contributed by atoms with Gasteiger partial charge in [-0.15, -0.1) is 0 Å². The fraction of sp³-hybridized carbons (Fsp3) is 0.368. The molecule has 5 heteroatoms. The van der Waals surface area contributed by atoms with Crippen molar-refractivity contribution in [2.75, 3.05) is 37.6 Å². The molecule has 1 aliphatic rings. The fourth-order valence-corrected chi connectivity index (χ4v) is 2.99. The third-order valence-electron chi connectivity index (χ3n) is 4.39. The number of carbonyl (C=O) groups excluding carboxylic acids is 1. The topological polar surface area (TPSA) is 48.5 Å². The Bertz CT molecular complexity index is 639. The Labute approximate surface area is 143 Å². The zero-order valence-corrected chi connectivity index (χ0v) is 14.1. The van der Waals surface area contributed by atoms with Gasteiger partial charge in [0.05, 0.1) is 12.6 Å². The van der Waals surface area contributed by atoms with E-state index in [0.717, 1.165) is 37.6 Å². The first-order valence-electron chi connectivity index (χ1n) is 8.45. The van der Waals surface area contributed by atoms with Crippen LogP contribution in [0.25, 0.3) is 0 Å². The summed E-state index contributed by atoms with van der Waals surface area (Å²) in [6.07, 6.45) is 1.82. The summed E-state index contributed by atoms with van der Waals surface area (Å²) in [5.74, 6) is 1.09. The Morgan fingerprint density at radius 3 is 2.46 bits per heavy atom. The molecular formula is C19H24N4O. The maximum atomic E-state index is 12.3. The van der Waals surface area contributed by atoms with Crippen molar-refractivity contribution in [1.82, 2.24) is 15.2 Å². The van der Waals surface area contributed by atoms with E-state index in [1.54, 1.807) is 0 Å². The van der Waals surface area contributed by atoms with Gasteiger partial charge in [0.25, 0.3) is 0 Å². The monoisotopic (exact) mass is 324 g/mol. The number of carbonyl (C=O) groups is 1. The maximum Gasteiger partial charge on any atom is 0.234 e. The molecule has 126 valence electrons. The second-order valence-corrected chi connectivity index (χ2v) is 6.15. The van der Waals surface area contributed by atoms with E-state index in [0.29, 0.717) is 6.54 Å². The van der Waals surface area contributed by atoms with Crippen molar-refractivity contribution in [2.24, 2.45) is 0 Å². The molecule has 24 heavy (non-hydrogen) atoms. The molecule has 0 spiro atoms. The van der Waals surface area contributed by atoms with Gasteiger partial charge in [-0.25, -0.2) is 4.98 Å². The Balaban J connectivity index is 1.45. The summed E-state index contributed by atoms with van der Waals surface area (Å²) in [6.45, 7) is 6.03. The number of anilines is 1. The summed E-state index contributed by atoms with van der Waals surface area (Å²) >= 11 is 0. The van der Waals surface area contributed by atoms with E-state index >= 15 is 0 Å². The molecule has 1 saturated heterocycles. The zero-order valence-electron chi connectivity index (χ0n) is 14.1. The number of amides is 1. The molecule has 1 aromatic heterocycles. The predicted molar refractivity (Wildman–Crippen MR) is 95.9 cm³/mol. The van der Waals surface area contributed by atoms with Crippen LogP contribution in [-0.4, -0.2) is 48.5 Å². The van der Waals surface area contributed by atoms with Gasteiger partial charge in [0.1, 0.15) is 5.82 Å². The SMILES string of the molecule is CC(NC(=O)CN1CCN(c2ccccn2)CC1)c1ccccc1. The number of hydrogen-bond acceptors (Lipinski definition) is 4. The molecule has 1 atom stereocenters. The van der Waals surface area contributed by atoms with E-state index < -0.39 is 0 Å². The molecule has 0 saturated carbocycles. The molecule has 0 bridgehead atoms. The molecule has 0 radical (unpaired) electrons. The highest BCUT2D eigenvalue weighted by atomic mass is 16.2. The number of nitrogens with zero attached hydrogens (tertiary/aromatic N) is 3. The van der Waals surface area contributed by atoms with Gasteiger partial charge >= 0.3 is 0 Å². The van der Waals surface area contributed by atoms with Crippen molar-refractivity contribution in [3.63, 3.8) is 0 Å². The Kier molecular flexibility index (Phi) is 5.43. The first kappa shape index (κ1) is 16.5. The van der Waals surface area contributed by atoms with Crippen LogP contribution < -0.4 is 10.2 Å². The van der Waals surface area contributed by atoms with Crippen LogP contribution in [-0.2, 0) is 4.79 Å². The van der Waals surface area contributed by atoms with Crippen LogP contribution in [0.15, 0.2) is 54.7 Å². The molecule has 1 fully saturated rings. The van der Waals surface area contributed by atoms with Gasteiger partial charge in [-0.3, -0.25) is 9.69 Å². The van der Waals surface area contributed by atoms with Gasteiger partial charge < -0.3 is 10.2 Å². The third-order valence-corrected chi connectivity index (χ3v) is 4.39. The predicted octanol–water partition coefficient (Wildman–Crippen LogP) is 2.08. The number of rotatable bonds is 5. The quantitative estimate of drug-likeness (QED) is 0.915. The van der Waals surface area contributed by atoms with Gasteiger partial charge in [0.15, 0.2) is 0 Å². The number of hydrogen-bond donors (Lipinski definition) is 1. The zero-order chi connectivity index (χ0) is 16.8. The first-order chi connectivity index (χ1) is 11.7. The number of benzene rings is 1. The van der Waals surface area contributed by atoms with Crippen LogP contribution >= 0.6 is 0 Å². The summed E-state index contributed by atoms with van der Waals surface area (Å²) < 4.78 is 0. The van der Waals surface area contributed by atoms with Gasteiger partial charge in [0.2, 0.25) is 5.91 Å². The fourth-order valence-electron chi connectivity index (χ4n) is 2.99. The molecule has 1 aromatic carbocycles. The lowest BCUT2D eigenvalue weighted by molar-refractivity contribution is -0.123. The maximum absolute atomic E-state index is 12.3. The Morgan fingerprint density at radius 2 is 1.79 bits per heavy atom. The molecule has 0 aliphatic carbocycles. The second-order valence-electron chi connectivity index (χ2n) is 6.15. The average Bonchev–Trinajstić information content (AvgIpc) is 2.64. The lowest BCUT2D eigenvalue weighted by Crippen LogP contribution is -2.49. The highest BCUT2D eigenvalue weighted by Gasteiger charge is 2.20. The van der Waals surface area contributed by atoms with Crippen LogP contribution in [0.4, 0.5) is 5.82 Å². The van der Waals surface area contributed by atoms with E-state index in [1.807, 2.05) is 61.7 Å². The van der Waals surface area contributed by atoms with Crippen molar-refractivity contribution < 1.29 is 4.79 Å². The van der Waals surface area contributed by atoms with E-state index in [4.69, 9.17) is 0 Å². The number of aromatic nitrogens is 1. The smallest absolute Gasteiger partial charge is 0.234 e. The van der Waals surface area contributed by atoms with Gasteiger partial charge in [0, 0.05) is 32.4 Å². The average molecular weight is 324 g/mol. The molecule has 2 heterocycles. The van der Waals surface area contributed by atoms with E-state index in [-0.39, 0.29) is 11.9 Å². The number of nitrogens with one attached hydrogen (secondary N) is 1. The van der Waals surface area contributed by atoms with Gasteiger partial charge in [-0.05, 0) is 24.6 Å². The van der Waals surface area contributed by atoms with Crippen molar-refractivity contribution in [3.05, 3.63) is 60.3 Å². The lowest BCUT2D eigenvalue weighted by Gasteiger charge is -2.35. The second kappa shape index (κ2) is 7.93. The van der Waals surface area contributed by atoms with E-state index in [2.05, 4.69) is 20.1 Å². The van der Waals surface area contributed by atoms with E-state index in [1.165, 1.54) is 0 Å². The van der Waals surface area contributed by atoms with Gasteiger partial charge in [-0.1, -0.05) is 36.4 Å². The largest absolute Gasteiger partial charge is 0.354 e. The summed E-state index contributed by atoms with van der Waals surface area (Å²) in [6, 6.07) is 16.1. The van der Waals surface area contributed by atoms with Crippen molar-refractivity contribution in [2.45, 2.75) is 13.0 Å². The van der Waals surface area contributed by atoms with Crippen LogP contribution in [0, 0.1) is 0 Å². The minimum absolute atomic E-state index is 0.0357. The van der Waals surface area contributed by atoms with Crippen molar-refractivity contribution in [1.29, 1.82) is 0 Å². The molecule has 2 aromatic rings. The highest BCUT2D eigenvalue weighted by Crippen LogP contribution is 2.13. The molecular weight excluding hydrogens is 300 g/mol. The molecule has 1 N–H and O–H groups in total. The number of pyridine rings is 1. The molecule has 5 nitrogen and oxygen atoms in total. The first-order valence-corrected chi connectivity index (χ1v) is 8.45. The summed E-state index contributed by atoms with van der Waals surface area (Å²) in [5, 5.41) is 3.08.